The Balaban J connectivity index is 1.49. The van der Waals surface area contributed by atoms with Gasteiger partial charge in [0.05, 0.1) is 16.7 Å². The first-order valence-electron chi connectivity index (χ1n) is 8.24. The maximum Gasteiger partial charge on any atom is 0.265 e. The van der Waals surface area contributed by atoms with Gasteiger partial charge in [0.2, 0.25) is 0 Å². The average Bonchev–Trinajstić information content (AvgIpc) is 3.24. The lowest BCUT2D eigenvalue weighted by atomic mass is 9.96. The lowest BCUT2D eigenvalue weighted by molar-refractivity contribution is 0.0791. The van der Waals surface area contributed by atoms with Gasteiger partial charge in [0, 0.05) is 24.7 Å². The minimum absolute atomic E-state index is 0.136. The van der Waals surface area contributed by atoms with Gasteiger partial charge in [-0.3, -0.25) is 9.78 Å². The van der Waals surface area contributed by atoms with Crippen LogP contribution in [0.4, 0.5) is 0 Å². The number of benzene rings is 1. The molecule has 1 fully saturated rings. The van der Waals surface area contributed by atoms with E-state index in [1.807, 2.05) is 24.1 Å². The van der Waals surface area contributed by atoms with Gasteiger partial charge in [-0.15, -0.1) is 11.3 Å². The number of likely N-dealkylation sites (tertiary alicyclic amines) is 1. The van der Waals surface area contributed by atoms with Crippen molar-refractivity contribution < 1.29 is 4.79 Å². The molecule has 0 aliphatic carbocycles. The number of nitrogens with zero attached hydrogens (tertiary/aromatic N) is 3. The number of pyridine rings is 1. The summed E-state index contributed by atoms with van der Waals surface area (Å²) in [6.45, 7) is 3.57. The van der Waals surface area contributed by atoms with Crippen molar-refractivity contribution in [3.63, 3.8) is 0 Å². The number of aromatic nitrogens is 2. The molecule has 3 aromatic rings. The van der Waals surface area contributed by atoms with E-state index in [-0.39, 0.29) is 5.91 Å². The number of hydrogen-bond donors (Lipinski definition) is 0. The molecule has 1 amide bonds. The smallest absolute Gasteiger partial charge is 0.265 e. The number of carbonyl (C=O) groups excluding carboxylic acids is 1. The number of fused-ring (bicyclic) bond motifs is 1. The van der Waals surface area contributed by atoms with E-state index in [0.717, 1.165) is 42.0 Å². The summed E-state index contributed by atoms with van der Waals surface area (Å²) in [4.78, 5) is 24.0. The normalized spacial score (nSPS) is 17.5. The lowest BCUT2D eigenvalue weighted by Crippen LogP contribution is -2.28. The Kier molecular flexibility index (Phi) is 4.02. The standard InChI is InChI=1S/C19H19N3OS/c1-13-18(24-12-21-13)19(23)22-9-7-14(11-22)10-15-6-8-20-17-5-3-2-4-16(15)17/h2-6,8,12,14H,7,9-11H2,1H3/t14-/m0/s1. The van der Waals surface area contributed by atoms with Crippen molar-refractivity contribution >= 4 is 28.1 Å². The van der Waals surface area contributed by atoms with Crippen LogP contribution in [-0.4, -0.2) is 33.9 Å². The molecule has 0 saturated carbocycles. The van der Waals surface area contributed by atoms with Crippen LogP contribution < -0.4 is 0 Å². The fraction of sp³-hybridized carbons (Fsp3) is 0.316. The van der Waals surface area contributed by atoms with Crippen LogP contribution in [0.5, 0.6) is 0 Å². The summed E-state index contributed by atoms with van der Waals surface area (Å²) in [5.74, 6) is 0.644. The van der Waals surface area contributed by atoms with Crippen molar-refractivity contribution in [1.82, 2.24) is 14.9 Å². The van der Waals surface area contributed by atoms with Gasteiger partial charge in [0.25, 0.3) is 5.91 Å². The van der Waals surface area contributed by atoms with Crippen molar-refractivity contribution in [2.45, 2.75) is 19.8 Å². The highest BCUT2D eigenvalue weighted by Gasteiger charge is 2.28. The van der Waals surface area contributed by atoms with E-state index in [9.17, 15) is 4.79 Å². The summed E-state index contributed by atoms with van der Waals surface area (Å²) in [5, 5.41) is 1.23. The molecule has 0 radical (unpaired) electrons. The molecule has 5 heteroatoms. The summed E-state index contributed by atoms with van der Waals surface area (Å²) in [6, 6.07) is 10.4. The Hall–Kier alpha value is -2.27. The predicted molar refractivity (Wildman–Crippen MR) is 96.3 cm³/mol. The van der Waals surface area contributed by atoms with E-state index in [0.29, 0.717) is 5.92 Å². The monoisotopic (exact) mass is 337 g/mol. The Morgan fingerprint density at radius 1 is 1.29 bits per heavy atom. The largest absolute Gasteiger partial charge is 0.338 e. The predicted octanol–water partition coefficient (Wildman–Crippen LogP) is 3.70. The molecule has 24 heavy (non-hydrogen) atoms. The van der Waals surface area contributed by atoms with Gasteiger partial charge in [0.15, 0.2) is 0 Å². The van der Waals surface area contributed by atoms with E-state index in [4.69, 9.17) is 0 Å². The zero-order chi connectivity index (χ0) is 16.5. The maximum atomic E-state index is 12.6. The Morgan fingerprint density at radius 2 is 2.17 bits per heavy atom. The van der Waals surface area contributed by atoms with E-state index < -0.39 is 0 Å². The van der Waals surface area contributed by atoms with E-state index in [1.54, 1.807) is 5.51 Å². The molecule has 1 aromatic carbocycles. The second-order valence-corrected chi connectivity index (χ2v) is 7.22. The van der Waals surface area contributed by atoms with E-state index >= 15 is 0 Å². The Labute approximate surface area is 145 Å². The molecule has 1 aliphatic heterocycles. The molecule has 1 saturated heterocycles. The van der Waals surface area contributed by atoms with E-state index in [2.05, 4.69) is 34.2 Å². The summed E-state index contributed by atoms with van der Waals surface area (Å²) < 4.78 is 0. The zero-order valence-electron chi connectivity index (χ0n) is 13.6. The third-order valence-electron chi connectivity index (χ3n) is 4.76. The molecule has 2 aromatic heterocycles. The topological polar surface area (TPSA) is 46.1 Å². The number of para-hydroxylation sites is 1. The third kappa shape index (κ3) is 2.80. The molecule has 4 nitrogen and oxygen atoms in total. The van der Waals surface area contributed by atoms with Crippen LogP contribution in [0.3, 0.4) is 0 Å². The highest BCUT2D eigenvalue weighted by atomic mass is 32.1. The number of amides is 1. The van der Waals surface area contributed by atoms with Gasteiger partial charge in [-0.25, -0.2) is 4.98 Å². The Morgan fingerprint density at radius 3 is 3.00 bits per heavy atom. The zero-order valence-corrected chi connectivity index (χ0v) is 14.4. The highest BCUT2D eigenvalue weighted by molar-refractivity contribution is 7.11. The third-order valence-corrected chi connectivity index (χ3v) is 5.68. The quantitative estimate of drug-likeness (QED) is 0.732. The van der Waals surface area contributed by atoms with Crippen LogP contribution in [0.25, 0.3) is 10.9 Å². The number of hydrogen-bond acceptors (Lipinski definition) is 4. The molecule has 122 valence electrons. The Bertz CT molecular complexity index is 884. The minimum Gasteiger partial charge on any atom is -0.338 e. The van der Waals surface area contributed by atoms with Crippen LogP contribution >= 0.6 is 11.3 Å². The van der Waals surface area contributed by atoms with Gasteiger partial charge in [-0.1, -0.05) is 18.2 Å². The second kappa shape index (κ2) is 6.32. The number of carbonyl (C=O) groups is 1. The summed E-state index contributed by atoms with van der Waals surface area (Å²) in [6.07, 6.45) is 3.94. The molecule has 0 N–H and O–H groups in total. The number of rotatable bonds is 3. The van der Waals surface area contributed by atoms with Crippen LogP contribution in [-0.2, 0) is 6.42 Å². The number of thiazole rings is 1. The maximum absolute atomic E-state index is 12.6. The summed E-state index contributed by atoms with van der Waals surface area (Å²) in [7, 11) is 0. The lowest BCUT2D eigenvalue weighted by Gasteiger charge is -2.16. The molecule has 0 bridgehead atoms. The first kappa shape index (κ1) is 15.3. The molecule has 1 atom stereocenters. The minimum atomic E-state index is 0.136. The molecule has 4 rings (SSSR count). The van der Waals surface area contributed by atoms with Crippen LogP contribution in [0.15, 0.2) is 42.0 Å². The fourth-order valence-corrected chi connectivity index (χ4v) is 4.25. The van der Waals surface area contributed by atoms with Crippen molar-refractivity contribution in [1.29, 1.82) is 0 Å². The molecular formula is C19H19N3OS. The molecule has 0 unspecified atom stereocenters. The first-order chi connectivity index (χ1) is 11.7. The van der Waals surface area contributed by atoms with Gasteiger partial charge >= 0.3 is 0 Å². The second-order valence-electron chi connectivity index (χ2n) is 6.36. The molecule has 0 spiro atoms. The van der Waals surface area contributed by atoms with Crippen LogP contribution in [0.1, 0.15) is 27.3 Å². The van der Waals surface area contributed by atoms with Gasteiger partial charge in [-0.2, -0.15) is 0 Å². The van der Waals surface area contributed by atoms with Crippen molar-refractivity contribution in [3.05, 3.63) is 58.2 Å². The fourth-order valence-electron chi connectivity index (χ4n) is 3.48. The average molecular weight is 337 g/mol. The highest BCUT2D eigenvalue weighted by Crippen LogP contribution is 2.27. The van der Waals surface area contributed by atoms with Crippen molar-refractivity contribution in [2.75, 3.05) is 13.1 Å². The van der Waals surface area contributed by atoms with Crippen LogP contribution in [0.2, 0.25) is 0 Å². The SMILES string of the molecule is Cc1ncsc1C(=O)N1CC[C@@H](Cc2ccnc3ccccc23)C1. The summed E-state index contributed by atoms with van der Waals surface area (Å²) in [5.41, 5.74) is 4.96. The van der Waals surface area contributed by atoms with Gasteiger partial charge in [0.1, 0.15) is 4.88 Å². The van der Waals surface area contributed by atoms with Crippen molar-refractivity contribution in [2.24, 2.45) is 5.92 Å². The van der Waals surface area contributed by atoms with Crippen molar-refractivity contribution in [3.8, 4) is 0 Å². The first-order valence-corrected chi connectivity index (χ1v) is 9.12. The molecular weight excluding hydrogens is 318 g/mol. The van der Waals surface area contributed by atoms with Crippen LogP contribution in [0, 0.1) is 12.8 Å². The summed E-state index contributed by atoms with van der Waals surface area (Å²) >= 11 is 1.44. The number of aryl methyl sites for hydroxylation is 1. The van der Waals surface area contributed by atoms with E-state index in [1.165, 1.54) is 22.3 Å². The molecule has 3 heterocycles. The molecule has 1 aliphatic rings. The van der Waals surface area contributed by atoms with Gasteiger partial charge in [-0.05, 0) is 43.4 Å². The van der Waals surface area contributed by atoms with Gasteiger partial charge < -0.3 is 4.90 Å².